The second kappa shape index (κ2) is 8.94. The van der Waals surface area contributed by atoms with Crippen molar-refractivity contribution < 1.29 is 18.7 Å². The second-order valence-electron chi connectivity index (χ2n) is 6.18. The number of hydrogen-bond donors (Lipinski definition) is 3. The average molecular weight is 357 g/mol. The number of carbonyl (C=O) groups is 2. The summed E-state index contributed by atoms with van der Waals surface area (Å²) in [6.45, 7) is 0.158. The van der Waals surface area contributed by atoms with E-state index in [4.69, 9.17) is 9.15 Å². The molecule has 3 rings (SSSR count). The second-order valence-corrected chi connectivity index (χ2v) is 6.18. The van der Waals surface area contributed by atoms with Gasteiger partial charge in [-0.1, -0.05) is 12.1 Å². The average Bonchev–Trinajstić information content (AvgIpc) is 3.33. The molecule has 0 unspecified atom stereocenters. The van der Waals surface area contributed by atoms with Crippen LogP contribution in [0.25, 0.3) is 0 Å². The summed E-state index contributed by atoms with van der Waals surface area (Å²) in [4.78, 5) is 23.8. The molecule has 0 spiro atoms. The summed E-state index contributed by atoms with van der Waals surface area (Å²) in [5.74, 6) is 1.00. The number of para-hydroxylation sites is 2. The van der Waals surface area contributed by atoms with Gasteiger partial charge < -0.3 is 25.1 Å². The molecule has 2 aromatic rings. The lowest BCUT2D eigenvalue weighted by atomic mass is 10.2. The lowest BCUT2D eigenvalue weighted by Crippen LogP contribution is -2.38. The summed E-state index contributed by atoms with van der Waals surface area (Å²) < 4.78 is 11.1. The molecule has 1 aliphatic carbocycles. The number of benzene rings is 1. The number of hydrogen-bond acceptors (Lipinski definition) is 4. The van der Waals surface area contributed by atoms with Crippen LogP contribution in [0.15, 0.2) is 47.1 Å². The van der Waals surface area contributed by atoms with Crippen LogP contribution in [-0.2, 0) is 11.3 Å². The maximum atomic E-state index is 12.1. The van der Waals surface area contributed by atoms with Gasteiger partial charge in [-0.15, -0.1) is 0 Å². The van der Waals surface area contributed by atoms with E-state index in [0.29, 0.717) is 17.2 Å². The van der Waals surface area contributed by atoms with E-state index in [9.17, 15) is 9.59 Å². The Balaban J connectivity index is 1.44. The molecular weight excluding hydrogens is 334 g/mol. The third-order valence-electron chi connectivity index (χ3n) is 4.18. The third kappa shape index (κ3) is 5.27. The first-order valence-electron chi connectivity index (χ1n) is 8.80. The van der Waals surface area contributed by atoms with Gasteiger partial charge in [0.15, 0.2) is 0 Å². The fraction of sp³-hybridized carbons (Fsp3) is 0.368. The van der Waals surface area contributed by atoms with Gasteiger partial charge in [-0.25, -0.2) is 4.79 Å². The molecule has 1 heterocycles. The van der Waals surface area contributed by atoms with Crippen molar-refractivity contribution in [3.63, 3.8) is 0 Å². The number of amides is 3. The Morgan fingerprint density at radius 2 is 1.88 bits per heavy atom. The zero-order valence-corrected chi connectivity index (χ0v) is 14.5. The minimum Gasteiger partial charge on any atom is -0.488 e. The minimum absolute atomic E-state index is 0.127. The highest BCUT2D eigenvalue weighted by molar-refractivity contribution is 5.93. The van der Waals surface area contributed by atoms with E-state index < -0.39 is 6.03 Å². The zero-order valence-electron chi connectivity index (χ0n) is 14.5. The number of furan rings is 1. The topological polar surface area (TPSA) is 92.6 Å². The standard InChI is InChI=1S/C19H23N3O4/c23-18(20-12-15-8-5-11-25-15)13-21-19(24)22-16-9-3-4-10-17(16)26-14-6-1-2-7-14/h3-5,8-11,14H,1-2,6-7,12-13H2,(H,20,23)(H2,21,22,24). The molecular formula is C19H23N3O4. The van der Waals surface area contributed by atoms with Gasteiger partial charge in [-0.2, -0.15) is 0 Å². The number of anilines is 1. The lowest BCUT2D eigenvalue weighted by Gasteiger charge is -2.17. The van der Waals surface area contributed by atoms with Crippen LogP contribution in [0.2, 0.25) is 0 Å². The van der Waals surface area contributed by atoms with Crippen LogP contribution < -0.4 is 20.7 Å². The molecule has 1 saturated carbocycles. The fourth-order valence-corrected chi connectivity index (χ4v) is 2.85. The molecule has 1 aromatic heterocycles. The van der Waals surface area contributed by atoms with Crippen molar-refractivity contribution in [2.75, 3.05) is 11.9 Å². The van der Waals surface area contributed by atoms with Crippen molar-refractivity contribution in [2.45, 2.75) is 38.3 Å². The Labute approximate surface area is 152 Å². The monoisotopic (exact) mass is 357 g/mol. The molecule has 3 amide bonds. The van der Waals surface area contributed by atoms with Gasteiger partial charge in [0.2, 0.25) is 5.91 Å². The maximum absolute atomic E-state index is 12.1. The fourth-order valence-electron chi connectivity index (χ4n) is 2.85. The van der Waals surface area contributed by atoms with Crippen LogP contribution in [0.3, 0.4) is 0 Å². The third-order valence-corrected chi connectivity index (χ3v) is 4.18. The normalized spacial score (nSPS) is 14.0. The molecule has 1 aromatic carbocycles. The summed E-state index contributed by atoms with van der Waals surface area (Å²) >= 11 is 0. The quantitative estimate of drug-likeness (QED) is 0.710. The van der Waals surface area contributed by atoms with Crippen molar-refractivity contribution in [1.29, 1.82) is 0 Å². The van der Waals surface area contributed by atoms with E-state index in [1.54, 1.807) is 18.2 Å². The summed E-state index contributed by atoms with van der Waals surface area (Å²) in [7, 11) is 0. The van der Waals surface area contributed by atoms with E-state index in [1.807, 2.05) is 18.2 Å². The molecule has 26 heavy (non-hydrogen) atoms. The van der Waals surface area contributed by atoms with Crippen LogP contribution in [0, 0.1) is 0 Å². The van der Waals surface area contributed by atoms with Crippen molar-refractivity contribution in [2.24, 2.45) is 0 Å². The Hall–Kier alpha value is -2.96. The minimum atomic E-state index is -0.458. The molecule has 0 saturated heterocycles. The molecule has 7 heteroatoms. The van der Waals surface area contributed by atoms with Gasteiger partial charge in [-0.3, -0.25) is 4.79 Å². The van der Waals surface area contributed by atoms with Gasteiger partial charge in [0.25, 0.3) is 0 Å². The maximum Gasteiger partial charge on any atom is 0.319 e. The number of ether oxygens (including phenoxy) is 1. The van der Waals surface area contributed by atoms with E-state index in [1.165, 1.54) is 19.1 Å². The summed E-state index contributed by atoms with van der Waals surface area (Å²) in [6, 6.07) is 10.4. The van der Waals surface area contributed by atoms with E-state index in [-0.39, 0.29) is 25.1 Å². The Morgan fingerprint density at radius 3 is 2.65 bits per heavy atom. The van der Waals surface area contributed by atoms with Crippen molar-refractivity contribution in [3.05, 3.63) is 48.4 Å². The number of urea groups is 1. The number of nitrogens with one attached hydrogen (secondary N) is 3. The highest BCUT2D eigenvalue weighted by Crippen LogP contribution is 2.29. The molecule has 0 atom stereocenters. The molecule has 138 valence electrons. The number of carbonyl (C=O) groups excluding carboxylic acids is 2. The predicted octanol–water partition coefficient (Wildman–Crippen LogP) is 3.04. The van der Waals surface area contributed by atoms with Crippen LogP contribution >= 0.6 is 0 Å². The first-order chi connectivity index (χ1) is 12.7. The first-order valence-corrected chi connectivity index (χ1v) is 8.80. The van der Waals surface area contributed by atoms with Crippen molar-refractivity contribution >= 4 is 17.6 Å². The van der Waals surface area contributed by atoms with Crippen molar-refractivity contribution in [1.82, 2.24) is 10.6 Å². The van der Waals surface area contributed by atoms with Gasteiger partial charge in [-0.05, 0) is 49.9 Å². The zero-order chi connectivity index (χ0) is 18.2. The largest absolute Gasteiger partial charge is 0.488 e. The lowest BCUT2D eigenvalue weighted by molar-refractivity contribution is -0.120. The molecule has 0 bridgehead atoms. The molecule has 1 fully saturated rings. The first kappa shape index (κ1) is 17.8. The van der Waals surface area contributed by atoms with Crippen molar-refractivity contribution in [3.8, 4) is 5.75 Å². The smallest absolute Gasteiger partial charge is 0.319 e. The van der Waals surface area contributed by atoms with Gasteiger partial charge in [0.1, 0.15) is 11.5 Å². The van der Waals surface area contributed by atoms with Crippen LogP contribution in [-0.4, -0.2) is 24.6 Å². The molecule has 1 aliphatic rings. The molecule has 7 nitrogen and oxygen atoms in total. The Kier molecular flexibility index (Phi) is 6.14. The van der Waals surface area contributed by atoms with E-state index >= 15 is 0 Å². The molecule has 3 N–H and O–H groups in total. The van der Waals surface area contributed by atoms with Gasteiger partial charge in [0, 0.05) is 0 Å². The molecule has 0 aliphatic heterocycles. The summed E-state index contributed by atoms with van der Waals surface area (Å²) in [6.07, 6.45) is 6.17. The molecule has 0 radical (unpaired) electrons. The predicted molar refractivity (Wildman–Crippen MR) is 96.9 cm³/mol. The highest BCUT2D eigenvalue weighted by atomic mass is 16.5. The Bertz CT molecular complexity index is 724. The summed E-state index contributed by atoms with van der Waals surface area (Å²) in [5, 5.41) is 7.93. The number of rotatable bonds is 7. The Morgan fingerprint density at radius 1 is 1.08 bits per heavy atom. The highest BCUT2D eigenvalue weighted by Gasteiger charge is 2.18. The van der Waals surface area contributed by atoms with Crippen LogP contribution in [0.4, 0.5) is 10.5 Å². The summed E-state index contributed by atoms with van der Waals surface area (Å²) in [5.41, 5.74) is 0.591. The van der Waals surface area contributed by atoms with E-state index in [0.717, 1.165) is 12.8 Å². The van der Waals surface area contributed by atoms with E-state index in [2.05, 4.69) is 16.0 Å². The van der Waals surface area contributed by atoms with Gasteiger partial charge >= 0.3 is 6.03 Å². The van der Waals surface area contributed by atoms with Crippen LogP contribution in [0.5, 0.6) is 5.75 Å². The van der Waals surface area contributed by atoms with Gasteiger partial charge in [0.05, 0.1) is 31.1 Å². The van der Waals surface area contributed by atoms with Crippen LogP contribution in [0.1, 0.15) is 31.4 Å². The SMILES string of the molecule is O=C(CNC(=O)Nc1ccccc1OC1CCCC1)NCc1ccco1.